The Morgan fingerprint density at radius 2 is 2.12 bits per heavy atom. The lowest BCUT2D eigenvalue weighted by Gasteiger charge is -2.50. The first-order chi connectivity index (χ1) is 12.5. The summed E-state index contributed by atoms with van der Waals surface area (Å²) < 4.78 is 5.74. The van der Waals surface area contributed by atoms with Gasteiger partial charge in [-0.1, -0.05) is 18.6 Å². The van der Waals surface area contributed by atoms with Crippen molar-refractivity contribution in [3.8, 4) is 5.75 Å². The van der Waals surface area contributed by atoms with Gasteiger partial charge in [-0.05, 0) is 97.5 Å². The molecule has 3 heteroatoms. The molecule has 2 fully saturated rings. The van der Waals surface area contributed by atoms with Gasteiger partial charge in [-0.15, -0.1) is 0 Å². The predicted octanol–water partition coefficient (Wildman–Crippen LogP) is 4.54. The van der Waals surface area contributed by atoms with Gasteiger partial charge < -0.3 is 15.6 Å². The van der Waals surface area contributed by atoms with Crippen LogP contribution in [-0.2, 0) is 11.2 Å². The van der Waals surface area contributed by atoms with Gasteiger partial charge in [-0.2, -0.15) is 0 Å². The van der Waals surface area contributed by atoms with Gasteiger partial charge in [0.25, 0.3) is 0 Å². The van der Waals surface area contributed by atoms with Crippen LogP contribution in [0.5, 0.6) is 5.75 Å². The molecule has 1 aromatic rings. The van der Waals surface area contributed by atoms with E-state index in [0.717, 1.165) is 24.9 Å². The van der Waals surface area contributed by atoms with Gasteiger partial charge in [-0.3, -0.25) is 0 Å². The number of phenolic OH excluding ortho intramolecular Hbond substituents is 1. The van der Waals surface area contributed by atoms with E-state index in [1.807, 2.05) is 12.1 Å². The molecule has 0 heterocycles. The van der Waals surface area contributed by atoms with Crippen molar-refractivity contribution in [2.24, 2.45) is 23.0 Å². The Labute approximate surface area is 157 Å². The average Bonchev–Trinajstić information content (AvgIpc) is 2.98. The van der Waals surface area contributed by atoms with E-state index in [0.29, 0.717) is 30.2 Å². The van der Waals surface area contributed by atoms with Crippen molar-refractivity contribution >= 4 is 0 Å². The maximum Gasteiger partial charge on any atom is 0.115 e. The van der Waals surface area contributed by atoms with E-state index in [4.69, 9.17) is 10.5 Å². The van der Waals surface area contributed by atoms with Crippen LogP contribution in [0.25, 0.3) is 0 Å². The van der Waals surface area contributed by atoms with Crippen LogP contribution in [0.2, 0.25) is 0 Å². The zero-order valence-corrected chi connectivity index (χ0v) is 16.3. The number of fused-ring (bicyclic) bond motifs is 5. The third-order valence-electron chi connectivity index (χ3n) is 7.59. The molecule has 26 heavy (non-hydrogen) atoms. The fourth-order valence-corrected chi connectivity index (χ4v) is 6.48. The molecule has 1 aromatic carbocycles. The van der Waals surface area contributed by atoms with Crippen molar-refractivity contribution in [3.05, 3.63) is 40.5 Å². The summed E-state index contributed by atoms with van der Waals surface area (Å²) in [7, 11) is 0. The fraction of sp³-hybridized carbons (Fsp3) is 0.652. The number of aromatic hydroxyl groups is 1. The Hall–Kier alpha value is -1.32. The SMILES string of the molecule is C/C(COCCN)=C1/CCC2C3CCc4cc(O)ccc4C3CCC12C. The zero-order valence-electron chi connectivity index (χ0n) is 16.3. The molecule has 0 aromatic heterocycles. The van der Waals surface area contributed by atoms with Crippen molar-refractivity contribution in [1.29, 1.82) is 0 Å². The Morgan fingerprint density at radius 3 is 2.92 bits per heavy atom. The second kappa shape index (κ2) is 7.01. The summed E-state index contributed by atoms with van der Waals surface area (Å²) in [4.78, 5) is 0. The molecule has 3 nitrogen and oxygen atoms in total. The van der Waals surface area contributed by atoms with Gasteiger partial charge in [0.1, 0.15) is 5.75 Å². The minimum absolute atomic E-state index is 0.353. The summed E-state index contributed by atoms with van der Waals surface area (Å²) in [6, 6.07) is 6.08. The molecule has 3 N–H and O–H groups in total. The molecule has 0 amide bonds. The lowest BCUT2D eigenvalue weighted by molar-refractivity contribution is 0.0796. The van der Waals surface area contributed by atoms with E-state index >= 15 is 0 Å². The van der Waals surface area contributed by atoms with Gasteiger partial charge in [-0.25, -0.2) is 0 Å². The number of hydrogen-bond acceptors (Lipinski definition) is 3. The topological polar surface area (TPSA) is 55.5 Å². The van der Waals surface area contributed by atoms with Crippen LogP contribution in [0, 0.1) is 17.3 Å². The van der Waals surface area contributed by atoms with Gasteiger partial charge in [0.2, 0.25) is 0 Å². The Balaban J connectivity index is 1.59. The highest BCUT2D eigenvalue weighted by Gasteiger charge is 2.52. The maximum atomic E-state index is 9.83. The summed E-state index contributed by atoms with van der Waals surface area (Å²) >= 11 is 0. The first kappa shape index (κ1) is 18.1. The smallest absolute Gasteiger partial charge is 0.115 e. The normalized spacial score (nSPS) is 34.8. The maximum absolute atomic E-state index is 9.83. The molecular weight excluding hydrogens is 322 g/mol. The van der Waals surface area contributed by atoms with E-state index in [-0.39, 0.29) is 0 Å². The minimum Gasteiger partial charge on any atom is -0.508 e. The minimum atomic E-state index is 0.353. The van der Waals surface area contributed by atoms with Gasteiger partial charge in [0.05, 0.1) is 13.2 Å². The lowest BCUT2D eigenvalue weighted by atomic mass is 9.55. The number of rotatable bonds is 4. The third-order valence-corrected chi connectivity index (χ3v) is 7.59. The average molecular weight is 356 g/mol. The Kier molecular flexibility index (Phi) is 4.87. The van der Waals surface area contributed by atoms with Crippen molar-refractivity contribution in [1.82, 2.24) is 0 Å². The van der Waals surface area contributed by atoms with Crippen LogP contribution in [0.15, 0.2) is 29.3 Å². The van der Waals surface area contributed by atoms with Gasteiger partial charge >= 0.3 is 0 Å². The van der Waals surface area contributed by atoms with E-state index in [1.54, 1.807) is 5.57 Å². The predicted molar refractivity (Wildman–Crippen MR) is 105 cm³/mol. The van der Waals surface area contributed by atoms with Crippen LogP contribution in [-0.4, -0.2) is 24.9 Å². The Morgan fingerprint density at radius 1 is 1.27 bits per heavy atom. The van der Waals surface area contributed by atoms with Crippen LogP contribution in [0.1, 0.15) is 63.0 Å². The second-order valence-corrected chi connectivity index (χ2v) is 8.89. The summed E-state index contributed by atoms with van der Waals surface area (Å²) in [5.74, 6) is 2.69. The molecule has 0 saturated heterocycles. The highest BCUT2D eigenvalue weighted by atomic mass is 16.5. The van der Waals surface area contributed by atoms with E-state index in [9.17, 15) is 5.11 Å². The third kappa shape index (κ3) is 2.90. The first-order valence-electron chi connectivity index (χ1n) is 10.3. The van der Waals surface area contributed by atoms with E-state index < -0.39 is 0 Å². The standard InChI is InChI=1S/C23H33NO2/c1-15(14-26-12-11-24)21-7-8-22-20-5-3-16-13-17(25)4-6-18(16)19(20)9-10-23(21,22)2/h4,6,13,19-20,22,25H,3,5,7-12,14,24H2,1-2H3/b21-15+. The van der Waals surface area contributed by atoms with Gasteiger partial charge in [0, 0.05) is 6.54 Å². The zero-order chi connectivity index (χ0) is 18.3. The largest absolute Gasteiger partial charge is 0.508 e. The van der Waals surface area contributed by atoms with Crippen molar-refractivity contribution < 1.29 is 9.84 Å². The molecule has 4 atom stereocenters. The summed E-state index contributed by atoms with van der Waals surface area (Å²) in [6.07, 6.45) is 7.52. The summed E-state index contributed by atoms with van der Waals surface area (Å²) in [5, 5.41) is 9.83. The molecule has 3 aliphatic carbocycles. The van der Waals surface area contributed by atoms with E-state index in [2.05, 4.69) is 19.9 Å². The molecule has 3 aliphatic rings. The molecule has 0 bridgehead atoms. The van der Waals surface area contributed by atoms with E-state index in [1.165, 1.54) is 48.8 Å². The summed E-state index contributed by atoms with van der Waals surface area (Å²) in [5.41, 5.74) is 11.9. The highest BCUT2D eigenvalue weighted by Crippen LogP contribution is 2.63. The highest BCUT2D eigenvalue weighted by molar-refractivity contribution is 5.41. The number of aryl methyl sites for hydroxylation is 1. The summed E-state index contributed by atoms with van der Waals surface area (Å²) in [6.45, 7) is 6.78. The molecule has 4 rings (SSSR count). The van der Waals surface area contributed by atoms with Crippen LogP contribution < -0.4 is 5.73 Å². The molecule has 142 valence electrons. The second-order valence-electron chi connectivity index (χ2n) is 8.89. The molecular formula is C23H33NO2. The number of ether oxygens (including phenoxy) is 1. The Bertz CT molecular complexity index is 710. The molecule has 0 spiro atoms. The number of hydrogen-bond donors (Lipinski definition) is 2. The van der Waals surface area contributed by atoms with Crippen molar-refractivity contribution in [3.63, 3.8) is 0 Å². The number of phenols is 1. The van der Waals surface area contributed by atoms with Crippen molar-refractivity contribution in [2.75, 3.05) is 19.8 Å². The number of nitrogens with two attached hydrogens (primary N) is 1. The molecule has 4 unspecified atom stereocenters. The van der Waals surface area contributed by atoms with Crippen LogP contribution in [0.4, 0.5) is 0 Å². The quantitative estimate of drug-likeness (QED) is 0.616. The first-order valence-corrected chi connectivity index (χ1v) is 10.3. The van der Waals surface area contributed by atoms with Gasteiger partial charge in [0.15, 0.2) is 0 Å². The van der Waals surface area contributed by atoms with Crippen LogP contribution in [0.3, 0.4) is 0 Å². The number of allylic oxidation sites excluding steroid dienone is 1. The van der Waals surface area contributed by atoms with Crippen molar-refractivity contribution in [2.45, 2.75) is 58.3 Å². The monoisotopic (exact) mass is 355 g/mol. The number of benzene rings is 1. The van der Waals surface area contributed by atoms with Crippen LogP contribution >= 0.6 is 0 Å². The molecule has 0 radical (unpaired) electrons. The lowest BCUT2D eigenvalue weighted by Crippen LogP contribution is -2.40. The molecule has 0 aliphatic heterocycles. The molecule has 2 saturated carbocycles. The fourth-order valence-electron chi connectivity index (χ4n) is 6.48.